The number of hydrogen-bond donors (Lipinski definition) is 2. The number of hydrogen-bond acceptors (Lipinski definition) is 6. The van der Waals surface area contributed by atoms with Gasteiger partial charge in [-0.3, -0.25) is 4.79 Å². The van der Waals surface area contributed by atoms with Crippen LogP contribution in [-0.2, 0) is 14.8 Å². The van der Waals surface area contributed by atoms with Gasteiger partial charge in [0.2, 0.25) is 15.9 Å². The zero-order valence-corrected chi connectivity index (χ0v) is 19.6. The maximum absolute atomic E-state index is 12.9. The molecule has 3 aromatic heterocycles. The molecule has 9 nitrogen and oxygen atoms in total. The standard InChI is InChI=1S/C23H30N6O3S/c1-33(31,32)27-17-3-2-10-29(15-17)21(30)13-16-6-11-28(12-7-16)20-5-9-24-19-14-26-23-18(22(19)20)4-8-25-23/h4-5,8-9,14,16-17,24,27H,2-3,6-7,10-13,15H2,1H3. The van der Waals surface area contributed by atoms with E-state index in [0.29, 0.717) is 25.4 Å². The van der Waals surface area contributed by atoms with E-state index in [1.807, 2.05) is 23.4 Å². The number of anilines is 1. The molecule has 2 aliphatic heterocycles. The predicted molar refractivity (Wildman–Crippen MR) is 129 cm³/mol. The summed E-state index contributed by atoms with van der Waals surface area (Å²) in [5.41, 5.74) is 2.93. The molecule has 0 bridgehead atoms. The van der Waals surface area contributed by atoms with Crippen LogP contribution in [0.15, 0.2) is 30.7 Å². The molecule has 3 aromatic rings. The van der Waals surface area contributed by atoms with Gasteiger partial charge in [0.1, 0.15) is 0 Å². The van der Waals surface area contributed by atoms with E-state index in [1.165, 1.54) is 11.9 Å². The van der Waals surface area contributed by atoms with E-state index in [9.17, 15) is 13.2 Å². The molecule has 1 amide bonds. The molecule has 33 heavy (non-hydrogen) atoms. The quantitative estimate of drug-likeness (QED) is 0.592. The number of H-pyrrole nitrogens is 1. The number of aromatic amines is 1. The highest BCUT2D eigenvalue weighted by molar-refractivity contribution is 7.88. The van der Waals surface area contributed by atoms with Gasteiger partial charge in [-0.05, 0) is 43.7 Å². The molecule has 0 saturated carbocycles. The van der Waals surface area contributed by atoms with Crippen LogP contribution in [0.1, 0.15) is 32.1 Å². The monoisotopic (exact) mass is 470 g/mol. The number of fused-ring (bicyclic) bond motifs is 3. The van der Waals surface area contributed by atoms with Crippen molar-refractivity contribution in [1.29, 1.82) is 0 Å². The van der Waals surface area contributed by atoms with Crippen molar-refractivity contribution < 1.29 is 13.2 Å². The van der Waals surface area contributed by atoms with Crippen molar-refractivity contribution >= 4 is 43.6 Å². The third-order valence-electron chi connectivity index (χ3n) is 6.84. The molecule has 0 aliphatic carbocycles. The molecule has 1 unspecified atom stereocenters. The van der Waals surface area contributed by atoms with Gasteiger partial charge in [0.25, 0.3) is 0 Å². The van der Waals surface area contributed by atoms with Crippen LogP contribution < -0.4 is 9.62 Å². The lowest BCUT2D eigenvalue weighted by Crippen LogP contribution is -2.49. The van der Waals surface area contributed by atoms with Gasteiger partial charge in [0.05, 0.1) is 18.0 Å². The molecule has 0 aromatic carbocycles. The first kappa shape index (κ1) is 22.1. The summed E-state index contributed by atoms with van der Waals surface area (Å²) in [6, 6.07) is 3.95. The zero-order chi connectivity index (χ0) is 23.0. The summed E-state index contributed by atoms with van der Waals surface area (Å²) in [6.45, 7) is 2.97. The fourth-order valence-electron chi connectivity index (χ4n) is 5.26. The van der Waals surface area contributed by atoms with Crippen molar-refractivity contribution in [2.24, 2.45) is 5.92 Å². The molecule has 5 heterocycles. The lowest BCUT2D eigenvalue weighted by Gasteiger charge is -2.36. The number of carbonyl (C=O) groups excluding carboxylic acids is 1. The van der Waals surface area contributed by atoms with Crippen LogP contribution in [0.3, 0.4) is 0 Å². The number of aromatic nitrogens is 3. The number of piperidine rings is 2. The molecule has 0 radical (unpaired) electrons. The fraction of sp³-hybridized carbons (Fsp3) is 0.522. The van der Waals surface area contributed by atoms with Crippen molar-refractivity contribution in [2.45, 2.75) is 38.1 Å². The summed E-state index contributed by atoms with van der Waals surface area (Å²) in [6.07, 6.45) is 10.8. The number of likely N-dealkylation sites (tertiary alicyclic amines) is 1. The average Bonchev–Trinajstić information content (AvgIpc) is 3.27. The Labute approximate surface area is 193 Å². The normalized spacial score (nSPS) is 20.6. The van der Waals surface area contributed by atoms with Crippen LogP contribution in [0.5, 0.6) is 0 Å². The number of sulfonamides is 1. The molecule has 176 valence electrons. The van der Waals surface area contributed by atoms with Crippen molar-refractivity contribution in [1.82, 2.24) is 24.6 Å². The number of rotatable bonds is 5. The summed E-state index contributed by atoms with van der Waals surface area (Å²) in [5, 5.41) is 2.20. The minimum atomic E-state index is -3.26. The number of nitrogens with zero attached hydrogens (tertiary/aromatic N) is 4. The molecule has 2 fully saturated rings. The van der Waals surface area contributed by atoms with E-state index < -0.39 is 10.0 Å². The molecule has 10 heteroatoms. The summed E-state index contributed by atoms with van der Waals surface area (Å²) in [5.74, 6) is 0.490. The largest absolute Gasteiger partial charge is 0.371 e. The second-order valence-electron chi connectivity index (χ2n) is 9.30. The first-order valence-corrected chi connectivity index (χ1v) is 13.5. The fourth-order valence-corrected chi connectivity index (χ4v) is 6.06. The Morgan fingerprint density at radius 1 is 1.18 bits per heavy atom. The summed E-state index contributed by atoms with van der Waals surface area (Å²) in [4.78, 5) is 29.2. The van der Waals surface area contributed by atoms with Gasteiger partial charge in [-0.2, -0.15) is 0 Å². The highest BCUT2D eigenvalue weighted by Crippen LogP contribution is 2.34. The van der Waals surface area contributed by atoms with Gasteiger partial charge in [-0.15, -0.1) is 0 Å². The van der Waals surface area contributed by atoms with Crippen LogP contribution in [0.4, 0.5) is 5.69 Å². The molecule has 2 aliphatic rings. The molecule has 0 spiro atoms. The SMILES string of the molecule is CS(=O)(=O)NC1CCCN(C(=O)CC2CCN(c3cc[nH]c4cnc5nccc5c34)CC2)C1. The Morgan fingerprint density at radius 2 is 2.00 bits per heavy atom. The van der Waals surface area contributed by atoms with E-state index >= 15 is 0 Å². The molecule has 2 saturated heterocycles. The second kappa shape index (κ2) is 8.90. The van der Waals surface area contributed by atoms with Gasteiger partial charge < -0.3 is 14.8 Å². The van der Waals surface area contributed by atoms with Crippen molar-refractivity contribution in [3.63, 3.8) is 0 Å². The van der Waals surface area contributed by atoms with Crippen molar-refractivity contribution in [3.05, 3.63) is 30.7 Å². The van der Waals surface area contributed by atoms with Crippen LogP contribution >= 0.6 is 0 Å². The van der Waals surface area contributed by atoms with Gasteiger partial charge >= 0.3 is 0 Å². The second-order valence-corrected chi connectivity index (χ2v) is 11.1. The van der Waals surface area contributed by atoms with E-state index in [-0.39, 0.29) is 11.9 Å². The van der Waals surface area contributed by atoms with Gasteiger partial charge in [-0.25, -0.2) is 23.1 Å². The first-order valence-electron chi connectivity index (χ1n) is 11.6. The van der Waals surface area contributed by atoms with Crippen molar-refractivity contribution in [2.75, 3.05) is 37.3 Å². The molecule has 2 N–H and O–H groups in total. The van der Waals surface area contributed by atoms with E-state index in [2.05, 4.69) is 30.6 Å². The lowest BCUT2D eigenvalue weighted by molar-refractivity contribution is -0.133. The van der Waals surface area contributed by atoms with E-state index in [0.717, 1.165) is 60.7 Å². The maximum Gasteiger partial charge on any atom is 0.222 e. The Kier molecular flexibility index (Phi) is 5.96. The topological polar surface area (TPSA) is 111 Å². The predicted octanol–water partition coefficient (Wildman–Crippen LogP) is 2.26. The Morgan fingerprint density at radius 3 is 2.79 bits per heavy atom. The molecular weight excluding hydrogens is 440 g/mol. The van der Waals surface area contributed by atoms with Crippen LogP contribution in [0.2, 0.25) is 0 Å². The molecule has 5 rings (SSSR count). The van der Waals surface area contributed by atoms with Crippen LogP contribution in [0.25, 0.3) is 21.9 Å². The summed E-state index contributed by atoms with van der Waals surface area (Å²) < 4.78 is 25.8. The number of nitrogens with one attached hydrogen (secondary N) is 2. The smallest absolute Gasteiger partial charge is 0.222 e. The third-order valence-corrected chi connectivity index (χ3v) is 7.60. The van der Waals surface area contributed by atoms with Gasteiger partial charge in [0, 0.05) is 67.5 Å². The number of carbonyl (C=O) groups is 1. The Bertz CT molecular complexity index is 1270. The van der Waals surface area contributed by atoms with Gasteiger partial charge in [-0.1, -0.05) is 0 Å². The van der Waals surface area contributed by atoms with Crippen LogP contribution in [0, 0.1) is 5.92 Å². The highest BCUT2D eigenvalue weighted by Gasteiger charge is 2.29. The Hall–Kier alpha value is -2.72. The summed E-state index contributed by atoms with van der Waals surface area (Å²) >= 11 is 0. The lowest BCUT2D eigenvalue weighted by atomic mass is 9.92. The first-order chi connectivity index (χ1) is 15.9. The number of pyridine rings is 2. The minimum absolute atomic E-state index is 0.142. The van der Waals surface area contributed by atoms with Crippen LogP contribution in [-0.4, -0.2) is 72.7 Å². The molecular formula is C23H30N6O3S. The molecule has 1 atom stereocenters. The minimum Gasteiger partial charge on any atom is -0.371 e. The Balaban J connectivity index is 1.22. The highest BCUT2D eigenvalue weighted by atomic mass is 32.2. The zero-order valence-electron chi connectivity index (χ0n) is 18.8. The summed E-state index contributed by atoms with van der Waals surface area (Å²) in [7, 11) is -3.26. The number of amides is 1. The van der Waals surface area contributed by atoms with E-state index in [4.69, 9.17) is 0 Å². The van der Waals surface area contributed by atoms with E-state index in [1.54, 1.807) is 6.20 Å². The van der Waals surface area contributed by atoms with Gasteiger partial charge in [0.15, 0.2) is 5.65 Å². The maximum atomic E-state index is 12.9. The van der Waals surface area contributed by atoms with Crippen molar-refractivity contribution in [3.8, 4) is 0 Å². The third kappa shape index (κ3) is 4.81. The average molecular weight is 471 g/mol.